The summed E-state index contributed by atoms with van der Waals surface area (Å²) in [5.74, 6) is -0.839. The molecule has 4 aromatic carbocycles. The predicted molar refractivity (Wildman–Crippen MR) is 159 cm³/mol. The van der Waals surface area contributed by atoms with Crippen LogP contribution in [0.15, 0.2) is 96.1 Å². The Kier molecular flexibility index (Phi) is 8.73. The summed E-state index contributed by atoms with van der Waals surface area (Å²) < 4.78 is 41.9. The number of benzene rings is 4. The summed E-state index contributed by atoms with van der Waals surface area (Å²) in [6.07, 6.45) is 5.32. The highest BCUT2D eigenvalue weighted by atomic mass is 19.1. The molecule has 0 saturated heterocycles. The Morgan fingerprint density at radius 3 is 1.49 bits per heavy atom. The quantitative estimate of drug-likeness (QED) is 0.205. The smallest absolute Gasteiger partial charge is 0.185 e. The summed E-state index contributed by atoms with van der Waals surface area (Å²) in [5, 5.41) is 0. The van der Waals surface area contributed by atoms with Gasteiger partial charge < -0.3 is 9.47 Å². The van der Waals surface area contributed by atoms with E-state index in [1.165, 1.54) is 12.1 Å². The minimum absolute atomic E-state index is 0.119. The van der Waals surface area contributed by atoms with Crippen LogP contribution in [-0.4, -0.2) is 5.78 Å². The number of ether oxygens (including phenoxy) is 2. The van der Waals surface area contributed by atoms with Crippen molar-refractivity contribution in [2.24, 2.45) is 0 Å². The molecular weight excluding hydrogens is 518 g/mol. The van der Waals surface area contributed by atoms with Gasteiger partial charge in [-0.15, -0.1) is 0 Å². The zero-order valence-electron chi connectivity index (χ0n) is 23.3. The van der Waals surface area contributed by atoms with Crippen molar-refractivity contribution in [3.05, 3.63) is 141 Å². The van der Waals surface area contributed by atoms with Crippen molar-refractivity contribution in [3.8, 4) is 11.5 Å². The van der Waals surface area contributed by atoms with Crippen molar-refractivity contribution < 1.29 is 23.0 Å². The molecule has 1 aliphatic rings. The van der Waals surface area contributed by atoms with Crippen LogP contribution in [0.1, 0.15) is 52.6 Å². The van der Waals surface area contributed by atoms with Gasteiger partial charge in [-0.3, -0.25) is 4.79 Å². The minimum Gasteiger partial charge on any atom is -0.485 e. The van der Waals surface area contributed by atoms with Gasteiger partial charge in [0.15, 0.2) is 28.9 Å². The Hall–Kier alpha value is -4.51. The standard InChI is InChI=1S/C36H32F2O3/c1-24-16-30(35(32(37)18-24)40-22-26-10-5-3-6-11-26)20-28-14-9-15-29(34(28)39)21-31-17-25(2)19-33(38)36(31)41-23-27-12-7-4-8-13-27/h3-8,10-13,16-21H,9,14-15,22-23H2,1-2H3/b28-20+,29-21+. The molecule has 0 amide bonds. The monoisotopic (exact) mass is 550 g/mol. The Morgan fingerprint density at radius 1 is 0.659 bits per heavy atom. The second-order valence-electron chi connectivity index (χ2n) is 10.4. The van der Waals surface area contributed by atoms with Crippen LogP contribution in [0.5, 0.6) is 11.5 Å². The fourth-order valence-electron chi connectivity index (χ4n) is 5.04. The first-order valence-corrected chi connectivity index (χ1v) is 13.8. The molecule has 0 radical (unpaired) electrons. The summed E-state index contributed by atoms with van der Waals surface area (Å²) in [6.45, 7) is 4.04. The molecule has 0 heterocycles. The molecule has 41 heavy (non-hydrogen) atoms. The first-order chi connectivity index (χ1) is 19.9. The van der Waals surface area contributed by atoms with Crippen LogP contribution in [-0.2, 0) is 18.0 Å². The first kappa shape index (κ1) is 28.0. The van der Waals surface area contributed by atoms with Crippen molar-refractivity contribution in [2.45, 2.75) is 46.3 Å². The third-order valence-corrected chi connectivity index (χ3v) is 7.02. The number of carbonyl (C=O) groups is 1. The number of Topliss-reactive ketones (excluding diaryl/α,β-unsaturated/α-hetero) is 1. The number of halogens is 2. The maximum Gasteiger partial charge on any atom is 0.185 e. The van der Waals surface area contributed by atoms with Crippen LogP contribution in [0, 0.1) is 25.5 Å². The fourth-order valence-corrected chi connectivity index (χ4v) is 5.04. The molecule has 0 unspecified atom stereocenters. The van der Waals surface area contributed by atoms with E-state index < -0.39 is 11.6 Å². The van der Waals surface area contributed by atoms with E-state index in [1.807, 2.05) is 86.6 Å². The number of allylic oxidation sites excluding steroid dienone is 2. The largest absolute Gasteiger partial charge is 0.485 e. The van der Waals surface area contributed by atoms with Crippen molar-refractivity contribution >= 4 is 17.9 Å². The summed E-state index contributed by atoms with van der Waals surface area (Å²) in [4.78, 5) is 13.6. The normalized spacial score (nSPS) is 15.4. The zero-order valence-corrected chi connectivity index (χ0v) is 23.3. The Bertz CT molecular complexity index is 1490. The lowest BCUT2D eigenvalue weighted by atomic mass is 9.86. The molecule has 0 aromatic heterocycles. The number of rotatable bonds is 8. The van der Waals surface area contributed by atoms with Crippen LogP contribution in [0.3, 0.4) is 0 Å². The Labute approximate surface area is 239 Å². The van der Waals surface area contributed by atoms with Crippen molar-refractivity contribution in [1.82, 2.24) is 0 Å². The fraction of sp³-hybridized carbons (Fsp3) is 0.194. The van der Waals surface area contributed by atoms with E-state index in [1.54, 1.807) is 12.2 Å². The van der Waals surface area contributed by atoms with E-state index in [0.29, 0.717) is 35.1 Å². The van der Waals surface area contributed by atoms with Gasteiger partial charge in [0.25, 0.3) is 0 Å². The molecule has 208 valence electrons. The summed E-state index contributed by atoms with van der Waals surface area (Å²) in [6, 6.07) is 25.6. The molecular formula is C36H32F2O3. The second-order valence-corrected chi connectivity index (χ2v) is 10.4. The molecule has 5 rings (SSSR count). The molecule has 0 bridgehead atoms. The molecule has 3 nitrogen and oxygen atoms in total. The highest BCUT2D eigenvalue weighted by molar-refractivity contribution is 6.14. The molecule has 1 aliphatic carbocycles. The summed E-state index contributed by atoms with van der Waals surface area (Å²) >= 11 is 0. The minimum atomic E-state index is -0.470. The lowest BCUT2D eigenvalue weighted by Crippen LogP contribution is -2.13. The lowest BCUT2D eigenvalue weighted by molar-refractivity contribution is -0.112. The van der Waals surface area contributed by atoms with Crippen LogP contribution in [0.2, 0.25) is 0 Å². The average Bonchev–Trinajstić information content (AvgIpc) is 2.95. The Balaban J connectivity index is 1.44. The van der Waals surface area contributed by atoms with Gasteiger partial charge >= 0.3 is 0 Å². The molecule has 1 saturated carbocycles. The van der Waals surface area contributed by atoms with Gasteiger partial charge in [0.2, 0.25) is 0 Å². The van der Waals surface area contributed by atoms with Gasteiger partial charge in [-0.2, -0.15) is 0 Å². The number of hydrogen-bond acceptors (Lipinski definition) is 3. The van der Waals surface area contributed by atoms with Gasteiger partial charge in [0.1, 0.15) is 13.2 Å². The highest BCUT2D eigenvalue weighted by Gasteiger charge is 2.23. The van der Waals surface area contributed by atoms with Crippen LogP contribution < -0.4 is 9.47 Å². The molecule has 0 spiro atoms. The van der Waals surface area contributed by atoms with Crippen molar-refractivity contribution in [3.63, 3.8) is 0 Å². The number of carbonyl (C=O) groups excluding carboxylic acids is 1. The second kappa shape index (κ2) is 12.8. The van der Waals surface area contributed by atoms with Gasteiger partial charge in [-0.25, -0.2) is 8.78 Å². The van der Waals surface area contributed by atoms with Crippen LogP contribution in [0.25, 0.3) is 12.2 Å². The number of hydrogen-bond donors (Lipinski definition) is 0. The third kappa shape index (κ3) is 6.98. The number of aryl methyl sites for hydroxylation is 2. The van der Waals surface area contributed by atoms with E-state index in [4.69, 9.17) is 9.47 Å². The van der Waals surface area contributed by atoms with Gasteiger partial charge in [-0.05, 0) is 91.8 Å². The molecule has 4 aromatic rings. The van der Waals surface area contributed by atoms with Crippen molar-refractivity contribution in [2.75, 3.05) is 0 Å². The molecule has 5 heteroatoms. The molecule has 0 N–H and O–H groups in total. The molecule has 0 atom stereocenters. The van der Waals surface area contributed by atoms with E-state index in [0.717, 1.165) is 28.7 Å². The van der Waals surface area contributed by atoms with Gasteiger partial charge in [-0.1, -0.05) is 60.7 Å². The van der Waals surface area contributed by atoms with Gasteiger partial charge in [0, 0.05) is 22.3 Å². The summed E-state index contributed by atoms with van der Waals surface area (Å²) in [5.41, 5.74) is 5.48. The van der Waals surface area contributed by atoms with Crippen molar-refractivity contribution in [1.29, 1.82) is 0 Å². The molecule has 1 fully saturated rings. The third-order valence-electron chi connectivity index (χ3n) is 7.02. The van der Waals surface area contributed by atoms with Gasteiger partial charge in [0.05, 0.1) is 0 Å². The highest BCUT2D eigenvalue weighted by Crippen LogP contribution is 2.34. The number of ketones is 1. The maximum atomic E-state index is 15.0. The van der Waals surface area contributed by atoms with Crippen LogP contribution >= 0.6 is 0 Å². The Morgan fingerprint density at radius 2 is 1.07 bits per heavy atom. The zero-order chi connectivity index (χ0) is 28.8. The average molecular weight is 551 g/mol. The van der Waals surface area contributed by atoms with E-state index >= 15 is 8.78 Å². The maximum absolute atomic E-state index is 15.0. The summed E-state index contributed by atoms with van der Waals surface area (Å²) in [7, 11) is 0. The van der Waals surface area contributed by atoms with E-state index in [9.17, 15) is 4.79 Å². The first-order valence-electron chi connectivity index (χ1n) is 13.8. The molecule has 0 aliphatic heterocycles. The van der Waals surface area contributed by atoms with Crippen LogP contribution in [0.4, 0.5) is 8.78 Å². The van der Waals surface area contributed by atoms with E-state index in [-0.39, 0.29) is 30.5 Å². The SMILES string of the molecule is Cc1cc(F)c(OCc2ccccc2)c(/C=C2\CCC/C(=C\c3cc(C)cc(F)c3OCc3ccccc3)C2=O)c1. The topological polar surface area (TPSA) is 35.5 Å². The lowest BCUT2D eigenvalue weighted by Gasteiger charge is -2.19. The van der Waals surface area contributed by atoms with E-state index in [2.05, 4.69) is 0 Å². The predicted octanol–water partition coefficient (Wildman–Crippen LogP) is 8.96.